The van der Waals surface area contributed by atoms with Crippen LogP contribution in [0.25, 0.3) is 5.69 Å². The summed E-state index contributed by atoms with van der Waals surface area (Å²) in [4.78, 5) is 26.5. The number of carbonyl (C=O) groups excluding carboxylic acids is 1. The number of imidazole rings is 1. The molecule has 1 aromatic carbocycles. The van der Waals surface area contributed by atoms with E-state index in [-0.39, 0.29) is 18.1 Å². The van der Waals surface area contributed by atoms with Gasteiger partial charge in [-0.1, -0.05) is 0 Å². The van der Waals surface area contributed by atoms with Crippen LogP contribution in [-0.2, 0) is 16.4 Å². The molecule has 2 heterocycles. The molecule has 0 bridgehead atoms. The van der Waals surface area contributed by atoms with E-state index < -0.39 is 37.8 Å². The largest absolute Gasteiger partial charge is 0.501 e. The molecule has 4 N–H and O–H groups in total. The number of aromatic nitrogens is 3. The lowest BCUT2D eigenvalue weighted by Gasteiger charge is -2.09. The zero-order chi connectivity index (χ0) is 23.0. The molecule has 2 amide bonds. The minimum absolute atomic E-state index is 0.0457. The number of alkyl halides is 3. The first-order chi connectivity index (χ1) is 14.4. The van der Waals surface area contributed by atoms with Gasteiger partial charge >= 0.3 is 17.2 Å². The van der Waals surface area contributed by atoms with Crippen molar-refractivity contribution < 1.29 is 31.5 Å². The van der Waals surface area contributed by atoms with E-state index in [0.29, 0.717) is 17.7 Å². The van der Waals surface area contributed by atoms with Crippen molar-refractivity contribution in [1.82, 2.24) is 14.1 Å². The van der Waals surface area contributed by atoms with Gasteiger partial charge in [-0.25, -0.2) is 27.6 Å². The Kier molecular flexibility index (Phi) is 5.50. The second-order valence-electron chi connectivity index (χ2n) is 6.21. The fraction of sp³-hybridized carbons (Fsp3) is 0.118. The van der Waals surface area contributed by atoms with Gasteiger partial charge in [0.15, 0.2) is 0 Å². The van der Waals surface area contributed by atoms with Gasteiger partial charge in [0, 0.05) is 6.20 Å². The molecule has 0 spiro atoms. The van der Waals surface area contributed by atoms with Gasteiger partial charge in [0.1, 0.15) is 5.82 Å². The average Bonchev–Trinajstić information content (AvgIpc) is 2.94. The molecular weight excluding hydrogens is 443 g/mol. The summed E-state index contributed by atoms with van der Waals surface area (Å²) in [5.41, 5.74) is -0.725. The Morgan fingerprint density at radius 2 is 1.84 bits per heavy atom. The Labute approximate surface area is 172 Å². The van der Waals surface area contributed by atoms with Crippen LogP contribution in [0, 0.1) is 0 Å². The Morgan fingerprint density at radius 1 is 1.19 bits per heavy atom. The summed E-state index contributed by atoms with van der Waals surface area (Å²) in [6.45, 7) is -0.0457. The van der Waals surface area contributed by atoms with Crippen molar-refractivity contribution >= 4 is 21.7 Å². The highest BCUT2D eigenvalue weighted by Gasteiger charge is 2.46. The predicted octanol–water partition coefficient (Wildman–Crippen LogP) is 1.57. The molecule has 0 atom stereocenters. The first kappa shape index (κ1) is 21.9. The summed E-state index contributed by atoms with van der Waals surface area (Å²) in [7, 11) is -5.54. The van der Waals surface area contributed by atoms with Crippen molar-refractivity contribution in [2.75, 3.05) is 5.32 Å². The number of benzene rings is 1. The first-order valence-corrected chi connectivity index (χ1v) is 9.83. The molecule has 0 unspecified atom stereocenters. The minimum Gasteiger partial charge on any atom is -0.493 e. The Balaban J connectivity index is 1.92. The fourth-order valence-corrected chi connectivity index (χ4v) is 3.47. The SMILES string of the molecule is NC(=O)Nc1cc(Cn2cc(O)n(-c3ccc(S(=O)(=O)C(F)(F)F)cc3)c2=O)ccn1. The number of primary amides is 1. The van der Waals surface area contributed by atoms with E-state index in [2.05, 4.69) is 10.3 Å². The molecule has 31 heavy (non-hydrogen) atoms. The van der Waals surface area contributed by atoms with Crippen molar-refractivity contribution in [3.8, 4) is 11.6 Å². The van der Waals surface area contributed by atoms with Gasteiger partial charge in [-0.2, -0.15) is 13.2 Å². The van der Waals surface area contributed by atoms with E-state index in [4.69, 9.17) is 5.73 Å². The summed E-state index contributed by atoms with van der Waals surface area (Å²) >= 11 is 0. The van der Waals surface area contributed by atoms with Crippen LogP contribution in [-0.4, -0.2) is 39.2 Å². The molecule has 2 aromatic heterocycles. The van der Waals surface area contributed by atoms with Gasteiger partial charge in [0.05, 0.1) is 23.3 Å². The number of hydrogen-bond acceptors (Lipinski definition) is 6. The Morgan fingerprint density at radius 3 is 2.42 bits per heavy atom. The third kappa shape index (κ3) is 4.37. The van der Waals surface area contributed by atoms with Crippen LogP contribution in [0.1, 0.15) is 5.56 Å². The van der Waals surface area contributed by atoms with Gasteiger partial charge in [0.25, 0.3) is 9.84 Å². The van der Waals surface area contributed by atoms with Crippen LogP contribution in [0.3, 0.4) is 0 Å². The number of aromatic hydroxyl groups is 1. The number of pyridine rings is 1. The van der Waals surface area contributed by atoms with Crippen molar-refractivity contribution in [2.45, 2.75) is 16.9 Å². The van der Waals surface area contributed by atoms with Crippen molar-refractivity contribution in [1.29, 1.82) is 0 Å². The van der Waals surface area contributed by atoms with Crippen LogP contribution in [0.2, 0.25) is 0 Å². The molecule has 0 saturated heterocycles. The number of hydrogen-bond donors (Lipinski definition) is 3. The van der Waals surface area contributed by atoms with E-state index >= 15 is 0 Å². The van der Waals surface area contributed by atoms with Crippen LogP contribution in [0.5, 0.6) is 5.88 Å². The van der Waals surface area contributed by atoms with Crippen LogP contribution < -0.4 is 16.7 Å². The molecule has 14 heteroatoms. The molecule has 0 fully saturated rings. The van der Waals surface area contributed by atoms with Gasteiger partial charge < -0.3 is 10.8 Å². The molecule has 164 valence electrons. The van der Waals surface area contributed by atoms with Crippen LogP contribution in [0.15, 0.2) is 58.5 Å². The van der Waals surface area contributed by atoms with E-state index in [1.54, 1.807) is 6.07 Å². The maximum atomic E-state index is 12.7. The molecule has 0 radical (unpaired) electrons. The zero-order valence-corrected chi connectivity index (χ0v) is 16.2. The molecule has 3 rings (SSSR count). The van der Waals surface area contributed by atoms with E-state index in [1.807, 2.05) is 0 Å². The van der Waals surface area contributed by atoms with Gasteiger partial charge in [0.2, 0.25) is 5.88 Å². The monoisotopic (exact) mass is 457 g/mol. The third-order valence-corrected chi connectivity index (χ3v) is 5.58. The summed E-state index contributed by atoms with van der Waals surface area (Å²) in [6.07, 6.45) is 2.45. The topological polar surface area (TPSA) is 149 Å². The van der Waals surface area contributed by atoms with Crippen molar-refractivity contribution in [3.63, 3.8) is 0 Å². The van der Waals surface area contributed by atoms with Crippen LogP contribution >= 0.6 is 0 Å². The van der Waals surface area contributed by atoms with Crippen LogP contribution in [0.4, 0.5) is 23.8 Å². The average molecular weight is 457 g/mol. The zero-order valence-electron chi connectivity index (χ0n) is 15.4. The highest BCUT2D eigenvalue weighted by Crippen LogP contribution is 2.30. The molecule has 10 nitrogen and oxygen atoms in total. The lowest BCUT2D eigenvalue weighted by atomic mass is 10.2. The van der Waals surface area contributed by atoms with Gasteiger partial charge in [-0.15, -0.1) is 0 Å². The number of sulfone groups is 1. The number of halogens is 3. The van der Waals surface area contributed by atoms with E-state index in [9.17, 15) is 36.3 Å². The number of carbonyl (C=O) groups is 1. The van der Waals surface area contributed by atoms with Gasteiger partial charge in [-0.05, 0) is 42.0 Å². The fourth-order valence-electron chi connectivity index (χ4n) is 2.71. The maximum Gasteiger partial charge on any atom is 0.501 e. The summed E-state index contributed by atoms with van der Waals surface area (Å²) in [5, 5.41) is 12.4. The lowest BCUT2D eigenvalue weighted by molar-refractivity contribution is -0.0436. The standard InChI is InChI=1S/C17H14F3N5O5S/c18-17(19,20)31(29,30)12-3-1-11(2-4-12)25-14(26)9-24(16(25)28)8-10-5-6-22-13(7-10)23-15(21)27/h1-7,9,26H,8H2,(H3,21,22,23,27). The van der Waals surface area contributed by atoms with Crippen molar-refractivity contribution in [2.24, 2.45) is 5.73 Å². The normalized spacial score (nSPS) is 12.0. The minimum atomic E-state index is -5.54. The number of nitrogens with zero attached hydrogens (tertiary/aromatic N) is 3. The molecule has 3 aromatic rings. The molecule has 0 aliphatic heterocycles. The third-order valence-electron chi connectivity index (χ3n) is 4.08. The number of anilines is 1. The Bertz CT molecular complexity index is 1300. The molecule has 0 aliphatic rings. The number of nitrogens with one attached hydrogen (secondary N) is 1. The molecule has 0 aliphatic carbocycles. The summed E-state index contributed by atoms with van der Waals surface area (Å²) in [6, 6.07) is 5.46. The highest BCUT2D eigenvalue weighted by molar-refractivity contribution is 7.92. The summed E-state index contributed by atoms with van der Waals surface area (Å²) in [5.74, 6) is -0.385. The highest BCUT2D eigenvalue weighted by atomic mass is 32.2. The van der Waals surface area contributed by atoms with E-state index in [1.165, 1.54) is 12.3 Å². The van der Waals surface area contributed by atoms with E-state index in [0.717, 1.165) is 27.5 Å². The molecular formula is C17H14F3N5O5S. The first-order valence-electron chi connectivity index (χ1n) is 8.34. The predicted molar refractivity (Wildman–Crippen MR) is 101 cm³/mol. The quantitative estimate of drug-likeness (QED) is 0.529. The van der Waals surface area contributed by atoms with Crippen molar-refractivity contribution in [3.05, 3.63) is 64.8 Å². The summed E-state index contributed by atoms with van der Waals surface area (Å²) < 4.78 is 62.8. The number of nitrogens with two attached hydrogens (primary N) is 1. The molecule has 0 saturated carbocycles. The number of rotatable bonds is 5. The second kappa shape index (κ2) is 7.79. The Hall–Kier alpha value is -3.81. The maximum absolute atomic E-state index is 12.7. The second-order valence-corrected chi connectivity index (χ2v) is 8.16. The smallest absolute Gasteiger partial charge is 0.493 e. The number of urea groups is 1. The lowest BCUT2D eigenvalue weighted by Crippen LogP contribution is -2.24. The van der Waals surface area contributed by atoms with Gasteiger partial charge in [-0.3, -0.25) is 9.88 Å². The number of amides is 2.